The van der Waals surface area contributed by atoms with Crippen molar-refractivity contribution in [2.45, 2.75) is 18.4 Å². The van der Waals surface area contributed by atoms with Gasteiger partial charge in [0, 0.05) is 31.7 Å². The lowest BCUT2D eigenvalue weighted by atomic mass is 9.96. The van der Waals surface area contributed by atoms with Gasteiger partial charge in [0.1, 0.15) is 11.4 Å². The van der Waals surface area contributed by atoms with E-state index in [-0.39, 0.29) is 11.8 Å². The van der Waals surface area contributed by atoms with Crippen LogP contribution in [0.5, 0.6) is 0 Å². The van der Waals surface area contributed by atoms with E-state index in [2.05, 4.69) is 31.6 Å². The number of hydrogen-bond donors (Lipinski definition) is 2. The lowest BCUT2D eigenvalue weighted by Gasteiger charge is -2.29. The normalized spacial score (nSPS) is 22.0. The van der Waals surface area contributed by atoms with Crippen LogP contribution in [0.25, 0.3) is 0 Å². The third-order valence-corrected chi connectivity index (χ3v) is 7.89. The minimum atomic E-state index is -1.07. The molecule has 2 amide bonds. The Morgan fingerprint density at radius 3 is 2.77 bits per heavy atom. The Hall–Kier alpha value is -2.49. The summed E-state index contributed by atoms with van der Waals surface area (Å²) in [5.41, 5.74) is 0.119. The second kappa shape index (κ2) is 11.1. The Balaban J connectivity index is 1.53. The summed E-state index contributed by atoms with van der Waals surface area (Å²) in [6.45, 7) is 2.54. The third-order valence-electron chi connectivity index (χ3n) is 5.96. The fourth-order valence-electron chi connectivity index (χ4n) is 4.23. The second-order valence-electron chi connectivity index (χ2n) is 8.39. The number of rotatable bonds is 5. The molecule has 1 aromatic carbocycles. The van der Waals surface area contributed by atoms with Gasteiger partial charge >= 0.3 is 0 Å². The van der Waals surface area contributed by atoms with Crippen molar-refractivity contribution in [1.82, 2.24) is 10.2 Å². The van der Waals surface area contributed by atoms with E-state index in [1.807, 2.05) is 23.0 Å². The number of benzene rings is 1. The van der Waals surface area contributed by atoms with Crippen LogP contribution in [-0.2, 0) is 9.53 Å². The van der Waals surface area contributed by atoms with E-state index < -0.39 is 5.54 Å². The van der Waals surface area contributed by atoms with Crippen LogP contribution in [0.2, 0.25) is 5.02 Å². The molecule has 2 fully saturated rings. The van der Waals surface area contributed by atoms with Gasteiger partial charge in [0.2, 0.25) is 6.19 Å². The van der Waals surface area contributed by atoms with E-state index in [9.17, 15) is 9.59 Å². The van der Waals surface area contributed by atoms with E-state index in [0.29, 0.717) is 72.8 Å². The average Bonchev–Trinajstić information content (AvgIpc) is 3.35. The smallest absolute Gasteiger partial charge is 0.262 e. The van der Waals surface area contributed by atoms with Gasteiger partial charge in [-0.3, -0.25) is 9.59 Å². The van der Waals surface area contributed by atoms with Crippen molar-refractivity contribution in [3.8, 4) is 6.19 Å². The Morgan fingerprint density at radius 2 is 2.11 bits per heavy atom. The van der Waals surface area contributed by atoms with Crippen LogP contribution in [0.1, 0.15) is 22.5 Å². The van der Waals surface area contributed by atoms with Crippen LogP contribution in [0.15, 0.2) is 39.1 Å². The van der Waals surface area contributed by atoms with Crippen molar-refractivity contribution in [3.05, 3.63) is 44.0 Å². The first-order valence-corrected chi connectivity index (χ1v) is 13.0. The first-order chi connectivity index (χ1) is 16.8. The second-order valence-corrected chi connectivity index (χ2v) is 11.3. The van der Waals surface area contributed by atoms with E-state index >= 15 is 0 Å². The van der Waals surface area contributed by atoms with Crippen molar-refractivity contribution in [2.75, 3.05) is 50.1 Å². The number of carbonyl (C=O) groups excluding carboxylic acids is 2. The minimum Gasteiger partial charge on any atom is -0.379 e. The Kier molecular flexibility index (Phi) is 8.09. The van der Waals surface area contributed by atoms with Crippen LogP contribution in [-0.4, -0.2) is 68.0 Å². The molecule has 1 unspecified atom stereocenters. The van der Waals surface area contributed by atoms with Gasteiger partial charge in [-0.1, -0.05) is 11.6 Å². The molecule has 0 saturated carbocycles. The van der Waals surface area contributed by atoms with Gasteiger partial charge in [-0.15, -0.1) is 11.3 Å². The van der Waals surface area contributed by atoms with Gasteiger partial charge in [0.25, 0.3) is 11.8 Å². The van der Waals surface area contributed by atoms with E-state index in [1.165, 1.54) is 11.3 Å². The number of hydrogen-bond acceptors (Lipinski definition) is 7. The Morgan fingerprint density at radius 1 is 1.29 bits per heavy atom. The zero-order valence-electron chi connectivity index (χ0n) is 19.0. The van der Waals surface area contributed by atoms with Crippen LogP contribution < -0.4 is 15.5 Å². The van der Waals surface area contributed by atoms with Crippen LogP contribution in [0, 0.1) is 11.5 Å². The summed E-state index contributed by atoms with van der Waals surface area (Å²) in [7, 11) is 1.92. The number of anilines is 2. The Labute approximate surface area is 220 Å². The highest BCUT2D eigenvalue weighted by Gasteiger charge is 2.45. The molecule has 12 heteroatoms. The average molecular weight is 580 g/mol. The van der Waals surface area contributed by atoms with E-state index in [4.69, 9.17) is 21.6 Å². The van der Waals surface area contributed by atoms with Crippen molar-refractivity contribution in [1.29, 1.82) is 5.26 Å². The molecule has 184 valence electrons. The molecule has 2 N–H and O–H groups in total. The van der Waals surface area contributed by atoms with Crippen LogP contribution in [0.3, 0.4) is 0 Å². The number of likely N-dealkylation sites (tertiary alicyclic amines) is 1. The van der Waals surface area contributed by atoms with Crippen molar-refractivity contribution < 1.29 is 14.3 Å². The number of carbonyl (C=O) groups is 2. The highest BCUT2D eigenvalue weighted by atomic mass is 79.9. The maximum atomic E-state index is 13.5. The number of nitrogens with one attached hydrogen (secondary N) is 2. The summed E-state index contributed by atoms with van der Waals surface area (Å²) in [5, 5.41) is 15.4. The maximum absolute atomic E-state index is 13.5. The van der Waals surface area contributed by atoms with Crippen LogP contribution in [0.4, 0.5) is 11.4 Å². The molecule has 0 radical (unpaired) electrons. The molecule has 2 aromatic rings. The maximum Gasteiger partial charge on any atom is 0.262 e. The first-order valence-electron chi connectivity index (χ1n) is 11.0. The standard InChI is InChI=1S/C23H24BrClN6O3S/c1-30-8-7-23(13-30,29-21(32)18-4-5-19(24)35-18)22(33)28-15-2-3-17(16(25)12-15)31-9-11-34-10-6-20(31)27-14-26/h2-5,12H,6-11,13H2,1H3,(H,28,33)(H,29,32). The number of thiophene rings is 1. The van der Waals surface area contributed by atoms with E-state index in [0.717, 1.165) is 3.79 Å². The van der Waals surface area contributed by atoms with Gasteiger partial charge in [-0.2, -0.15) is 10.3 Å². The monoisotopic (exact) mass is 578 g/mol. The molecule has 3 heterocycles. The topological polar surface area (TPSA) is 110 Å². The summed E-state index contributed by atoms with van der Waals surface area (Å²) in [4.78, 5) is 34.7. The zero-order chi connectivity index (χ0) is 25.0. The fraction of sp³-hybridized carbons (Fsp3) is 0.391. The molecule has 35 heavy (non-hydrogen) atoms. The number of ether oxygens (including phenoxy) is 1. The summed E-state index contributed by atoms with van der Waals surface area (Å²) in [5.74, 6) is -0.00340. The van der Waals surface area contributed by atoms with Crippen molar-refractivity contribution >= 4 is 67.9 Å². The van der Waals surface area contributed by atoms with Gasteiger partial charge in [-0.05, 0) is 59.7 Å². The Bertz CT molecular complexity index is 1200. The molecule has 2 aliphatic heterocycles. The first kappa shape index (κ1) is 25.6. The number of halogens is 2. The van der Waals surface area contributed by atoms with E-state index in [1.54, 1.807) is 30.3 Å². The number of amidine groups is 1. The molecule has 0 spiro atoms. The van der Waals surface area contributed by atoms with Crippen LogP contribution >= 0.6 is 38.9 Å². The molecular weight excluding hydrogens is 556 g/mol. The highest BCUT2D eigenvalue weighted by Crippen LogP contribution is 2.32. The van der Waals surface area contributed by atoms with Crippen molar-refractivity contribution in [3.63, 3.8) is 0 Å². The molecule has 9 nitrogen and oxygen atoms in total. The van der Waals surface area contributed by atoms with Gasteiger partial charge in [0.05, 0.1) is 32.6 Å². The quantitative estimate of drug-likeness (QED) is 0.523. The number of nitriles is 1. The molecule has 2 aliphatic rings. The fourth-order valence-corrected chi connectivity index (χ4v) is 5.80. The molecule has 0 aliphatic carbocycles. The SMILES string of the molecule is CN1CCC(NC(=O)c2ccc(Br)s2)(C(=O)Nc2ccc(N3CCOCCC3=NC#N)c(Cl)c2)C1. The van der Waals surface area contributed by atoms with Gasteiger partial charge < -0.3 is 25.2 Å². The largest absolute Gasteiger partial charge is 0.379 e. The zero-order valence-corrected chi connectivity index (χ0v) is 22.2. The number of amides is 2. The molecule has 4 rings (SSSR count). The number of aliphatic imine (C=N–C) groups is 1. The third kappa shape index (κ3) is 5.85. The lowest BCUT2D eigenvalue weighted by molar-refractivity contribution is -0.121. The summed E-state index contributed by atoms with van der Waals surface area (Å²) in [6, 6.07) is 8.73. The van der Waals surface area contributed by atoms with Crippen molar-refractivity contribution in [2.24, 2.45) is 4.99 Å². The molecule has 1 atom stereocenters. The summed E-state index contributed by atoms with van der Waals surface area (Å²) in [6.07, 6.45) is 2.83. The number of nitrogens with zero attached hydrogens (tertiary/aromatic N) is 4. The minimum absolute atomic E-state index is 0.285. The predicted molar refractivity (Wildman–Crippen MR) is 140 cm³/mol. The predicted octanol–water partition coefficient (Wildman–Crippen LogP) is 3.71. The molecular formula is C23H24BrClN6O3S. The van der Waals surface area contributed by atoms with Gasteiger partial charge in [-0.25, -0.2) is 0 Å². The summed E-state index contributed by atoms with van der Waals surface area (Å²) < 4.78 is 6.35. The number of likely N-dealkylation sites (N-methyl/N-ethyl adjacent to an activating group) is 1. The highest BCUT2D eigenvalue weighted by molar-refractivity contribution is 9.11. The molecule has 1 aromatic heterocycles. The molecule has 0 bridgehead atoms. The molecule has 2 saturated heterocycles. The lowest BCUT2D eigenvalue weighted by Crippen LogP contribution is -2.58. The summed E-state index contributed by atoms with van der Waals surface area (Å²) >= 11 is 11.3. The van der Waals surface area contributed by atoms with Gasteiger partial charge in [0.15, 0.2) is 0 Å².